The highest BCUT2D eigenvalue weighted by Gasteiger charge is 2.29. The summed E-state index contributed by atoms with van der Waals surface area (Å²) in [6, 6.07) is 21.6. The van der Waals surface area contributed by atoms with Crippen molar-refractivity contribution >= 4 is 15.8 Å². The van der Waals surface area contributed by atoms with E-state index in [1.54, 1.807) is 16.4 Å². The number of hydrogen-bond donors (Lipinski definition) is 0. The van der Waals surface area contributed by atoms with Gasteiger partial charge in [0.25, 0.3) is 0 Å². The lowest BCUT2D eigenvalue weighted by Gasteiger charge is -2.36. The van der Waals surface area contributed by atoms with E-state index in [4.69, 9.17) is 0 Å². The minimum Gasteiger partial charge on any atom is -0.294 e. The van der Waals surface area contributed by atoms with Crippen molar-refractivity contribution < 1.29 is 13.2 Å². The number of nitrogens with zero attached hydrogens (tertiary/aromatic N) is 2. The largest absolute Gasteiger partial charge is 0.294 e. The summed E-state index contributed by atoms with van der Waals surface area (Å²) in [5.74, 6) is 0.147. The number of benzene rings is 3. The Hall–Kier alpha value is -2.80. The maximum Gasteiger partial charge on any atom is 0.243 e. The van der Waals surface area contributed by atoms with Crippen molar-refractivity contribution in [1.82, 2.24) is 9.21 Å². The first-order chi connectivity index (χ1) is 18.5. The summed E-state index contributed by atoms with van der Waals surface area (Å²) in [4.78, 5) is 15.9. The molecule has 3 aromatic rings. The van der Waals surface area contributed by atoms with E-state index in [9.17, 15) is 13.2 Å². The van der Waals surface area contributed by atoms with E-state index in [-0.39, 0.29) is 11.3 Å². The first kappa shape index (κ1) is 29.2. The van der Waals surface area contributed by atoms with Crippen molar-refractivity contribution in [3.05, 3.63) is 100 Å². The van der Waals surface area contributed by atoms with Crippen LogP contribution in [0.1, 0.15) is 78.7 Å². The number of ketones is 1. The molecule has 0 aromatic heterocycles. The fourth-order valence-corrected chi connectivity index (χ4v) is 6.51. The molecule has 3 aromatic carbocycles. The van der Waals surface area contributed by atoms with Crippen LogP contribution in [0.4, 0.5) is 0 Å². The number of fused-ring (bicyclic) bond motifs is 1. The van der Waals surface area contributed by atoms with Crippen LogP contribution in [0.5, 0.6) is 0 Å². The van der Waals surface area contributed by atoms with E-state index in [0.717, 1.165) is 48.2 Å². The molecule has 5 nitrogen and oxygen atoms in total. The van der Waals surface area contributed by atoms with Gasteiger partial charge in [0.05, 0.1) is 4.90 Å². The van der Waals surface area contributed by atoms with Crippen LogP contribution in [0.25, 0.3) is 0 Å². The molecule has 0 unspecified atom stereocenters. The fourth-order valence-electron chi connectivity index (χ4n) is 5.09. The van der Waals surface area contributed by atoms with E-state index in [1.807, 2.05) is 37.3 Å². The summed E-state index contributed by atoms with van der Waals surface area (Å²) in [6.45, 7) is 13.2. The summed E-state index contributed by atoms with van der Waals surface area (Å²) < 4.78 is 27.8. The van der Waals surface area contributed by atoms with Gasteiger partial charge in [-0.05, 0) is 94.0 Å². The van der Waals surface area contributed by atoms with Crippen LogP contribution in [-0.4, -0.2) is 42.0 Å². The molecule has 208 valence electrons. The van der Waals surface area contributed by atoms with Gasteiger partial charge >= 0.3 is 0 Å². The molecule has 0 atom stereocenters. The van der Waals surface area contributed by atoms with Gasteiger partial charge in [0, 0.05) is 37.2 Å². The quantitative estimate of drug-likeness (QED) is 0.270. The van der Waals surface area contributed by atoms with Crippen LogP contribution in [0.2, 0.25) is 0 Å². The number of carbonyl (C=O) groups excluding carboxylic acids is 1. The Labute approximate surface area is 234 Å². The second-order valence-corrected chi connectivity index (χ2v) is 13.6. The first-order valence-electron chi connectivity index (χ1n) is 14.0. The minimum absolute atomic E-state index is 0.00306. The third-order valence-corrected chi connectivity index (χ3v) is 9.61. The summed E-state index contributed by atoms with van der Waals surface area (Å²) in [6.07, 6.45) is 2.94. The molecule has 39 heavy (non-hydrogen) atoms. The highest BCUT2D eigenvalue weighted by atomic mass is 32.2. The zero-order chi connectivity index (χ0) is 28.2. The van der Waals surface area contributed by atoms with Crippen LogP contribution >= 0.6 is 0 Å². The van der Waals surface area contributed by atoms with Crippen LogP contribution in [0, 0.1) is 6.92 Å². The Morgan fingerprint density at radius 1 is 0.923 bits per heavy atom. The Bertz CT molecular complexity index is 1390. The van der Waals surface area contributed by atoms with Gasteiger partial charge in [0.2, 0.25) is 10.0 Å². The van der Waals surface area contributed by atoms with Crippen molar-refractivity contribution in [2.24, 2.45) is 0 Å². The first-order valence-corrected chi connectivity index (χ1v) is 15.5. The summed E-state index contributed by atoms with van der Waals surface area (Å²) in [5, 5.41) is 0. The smallest absolute Gasteiger partial charge is 0.243 e. The molecule has 0 fully saturated rings. The van der Waals surface area contributed by atoms with Gasteiger partial charge < -0.3 is 0 Å². The lowest BCUT2D eigenvalue weighted by Crippen LogP contribution is -2.41. The summed E-state index contributed by atoms with van der Waals surface area (Å²) >= 11 is 0. The van der Waals surface area contributed by atoms with Crippen molar-refractivity contribution in [2.45, 2.75) is 83.8 Å². The van der Waals surface area contributed by atoms with Gasteiger partial charge in [0.15, 0.2) is 5.78 Å². The zero-order valence-electron chi connectivity index (χ0n) is 24.0. The van der Waals surface area contributed by atoms with Crippen molar-refractivity contribution in [3.63, 3.8) is 0 Å². The van der Waals surface area contributed by atoms with Gasteiger partial charge in [-0.3, -0.25) is 9.69 Å². The van der Waals surface area contributed by atoms with E-state index >= 15 is 0 Å². The Morgan fingerprint density at radius 2 is 1.59 bits per heavy atom. The van der Waals surface area contributed by atoms with E-state index in [0.29, 0.717) is 30.8 Å². The number of carbonyl (C=O) groups is 1. The number of sulfonamides is 1. The topological polar surface area (TPSA) is 57.7 Å². The summed E-state index contributed by atoms with van der Waals surface area (Å²) in [7, 11) is -3.54. The highest BCUT2D eigenvalue weighted by Crippen LogP contribution is 2.27. The second-order valence-electron chi connectivity index (χ2n) is 11.7. The SMILES string of the molecule is CCc1ccc(CN(CCCC(=O)c2ccc3c(c2)CCN(S(=O)(=O)c2ccc(C)cc2)C3)C(C)(C)C)cc1. The standard InChI is InChI=1S/C33H42N2O3S/c1-6-26-11-13-27(14-12-26)23-34(33(3,4)5)20-7-8-32(36)29-15-16-30-24-35(21-19-28(30)22-29)39(37,38)31-17-9-25(2)10-18-31/h9-18,22H,6-8,19-21,23-24H2,1-5H3. The molecule has 0 N–H and O–H groups in total. The number of hydrogen-bond acceptors (Lipinski definition) is 4. The Kier molecular flexibility index (Phi) is 9.10. The maximum absolute atomic E-state index is 13.1. The molecule has 0 aliphatic carbocycles. The molecule has 0 bridgehead atoms. The van der Waals surface area contributed by atoms with Crippen molar-refractivity contribution in [1.29, 1.82) is 0 Å². The lowest BCUT2D eigenvalue weighted by atomic mass is 9.95. The summed E-state index contributed by atoms with van der Waals surface area (Å²) in [5.41, 5.74) is 6.44. The third kappa shape index (κ3) is 7.24. The molecule has 0 saturated carbocycles. The lowest BCUT2D eigenvalue weighted by molar-refractivity contribution is 0.0945. The Balaban J connectivity index is 1.36. The minimum atomic E-state index is -3.54. The molecule has 0 saturated heterocycles. The van der Waals surface area contributed by atoms with E-state index in [1.165, 1.54) is 11.1 Å². The average Bonchev–Trinajstić information content (AvgIpc) is 2.91. The predicted octanol–water partition coefficient (Wildman–Crippen LogP) is 6.57. The van der Waals surface area contributed by atoms with Gasteiger partial charge in [-0.25, -0.2) is 8.42 Å². The van der Waals surface area contributed by atoms with Crippen LogP contribution in [0.3, 0.4) is 0 Å². The van der Waals surface area contributed by atoms with E-state index in [2.05, 4.69) is 56.9 Å². The number of Topliss-reactive ketones (excluding diaryl/α,β-unsaturated/α-hetero) is 1. The van der Waals surface area contributed by atoms with Crippen LogP contribution in [0.15, 0.2) is 71.6 Å². The highest BCUT2D eigenvalue weighted by molar-refractivity contribution is 7.89. The van der Waals surface area contributed by atoms with Crippen LogP contribution < -0.4 is 0 Å². The zero-order valence-corrected chi connectivity index (χ0v) is 24.9. The average molecular weight is 547 g/mol. The molecule has 1 aliphatic rings. The molecule has 6 heteroatoms. The molecular weight excluding hydrogens is 504 g/mol. The van der Waals surface area contributed by atoms with Gasteiger partial charge in [-0.2, -0.15) is 4.31 Å². The van der Waals surface area contributed by atoms with E-state index < -0.39 is 10.0 Å². The van der Waals surface area contributed by atoms with Gasteiger partial charge in [0.1, 0.15) is 0 Å². The molecule has 1 heterocycles. The molecule has 0 spiro atoms. The molecule has 4 rings (SSSR count). The molecule has 1 aliphatic heterocycles. The molecule has 0 radical (unpaired) electrons. The Morgan fingerprint density at radius 3 is 2.23 bits per heavy atom. The number of aryl methyl sites for hydroxylation is 2. The van der Waals surface area contributed by atoms with Crippen LogP contribution in [-0.2, 0) is 36.0 Å². The fraction of sp³-hybridized carbons (Fsp3) is 0.424. The van der Waals surface area contributed by atoms with Gasteiger partial charge in [-0.1, -0.05) is 61.0 Å². The molecule has 0 amide bonds. The normalized spacial score (nSPS) is 14.4. The predicted molar refractivity (Wildman–Crippen MR) is 158 cm³/mol. The van der Waals surface area contributed by atoms with Crippen molar-refractivity contribution in [2.75, 3.05) is 13.1 Å². The monoisotopic (exact) mass is 546 g/mol. The maximum atomic E-state index is 13.1. The van der Waals surface area contributed by atoms with Gasteiger partial charge in [-0.15, -0.1) is 0 Å². The molecular formula is C33H42N2O3S. The van der Waals surface area contributed by atoms with Crippen molar-refractivity contribution in [3.8, 4) is 0 Å². The second kappa shape index (κ2) is 12.2. The number of rotatable bonds is 10. The third-order valence-electron chi connectivity index (χ3n) is 7.75.